The predicted octanol–water partition coefficient (Wildman–Crippen LogP) is 2.07. The van der Waals surface area contributed by atoms with Crippen LogP contribution in [0, 0.1) is 0 Å². The minimum atomic E-state index is -0.693. The highest BCUT2D eigenvalue weighted by Crippen LogP contribution is 2.16. The van der Waals surface area contributed by atoms with Crippen molar-refractivity contribution in [3.63, 3.8) is 0 Å². The van der Waals surface area contributed by atoms with Gasteiger partial charge in [-0.25, -0.2) is 0 Å². The van der Waals surface area contributed by atoms with E-state index < -0.39 is 6.10 Å². The summed E-state index contributed by atoms with van der Waals surface area (Å²) in [4.78, 5) is 11.8. The van der Waals surface area contributed by atoms with Gasteiger partial charge in [0.25, 0.3) is 0 Å². The van der Waals surface area contributed by atoms with Crippen LogP contribution in [0.15, 0.2) is 47.1 Å². The number of furan rings is 1. The zero-order valence-corrected chi connectivity index (χ0v) is 11.9. The third-order valence-corrected chi connectivity index (χ3v) is 3.14. The number of aliphatic hydroxyl groups is 1. The van der Waals surface area contributed by atoms with E-state index in [1.807, 2.05) is 24.3 Å². The molecule has 0 fully saturated rings. The van der Waals surface area contributed by atoms with Gasteiger partial charge in [-0.1, -0.05) is 12.1 Å². The van der Waals surface area contributed by atoms with Crippen LogP contribution in [-0.4, -0.2) is 24.7 Å². The van der Waals surface area contributed by atoms with Gasteiger partial charge in [0.1, 0.15) is 17.6 Å². The highest BCUT2D eigenvalue weighted by Gasteiger charge is 2.10. The second-order valence-electron chi connectivity index (χ2n) is 4.69. The Morgan fingerprint density at radius 3 is 2.71 bits per heavy atom. The summed E-state index contributed by atoms with van der Waals surface area (Å²) in [6.07, 6.45) is 1.55. The highest BCUT2D eigenvalue weighted by molar-refractivity contribution is 5.78. The monoisotopic (exact) mass is 289 g/mol. The molecule has 0 aliphatic heterocycles. The summed E-state index contributed by atoms with van der Waals surface area (Å²) in [5.74, 6) is 1.20. The van der Waals surface area contributed by atoms with Crippen LogP contribution < -0.4 is 10.1 Å². The van der Waals surface area contributed by atoms with Gasteiger partial charge in [0.2, 0.25) is 5.91 Å². The molecule has 0 saturated carbocycles. The van der Waals surface area contributed by atoms with Crippen molar-refractivity contribution in [2.24, 2.45) is 0 Å². The molecule has 5 nitrogen and oxygen atoms in total. The normalized spacial score (nSPS) is 11.9. The zero-order chi connectivity index (χ0) is 15.1. The summed E-state index contributed by atoms with van der Waals surface area (Å²) < 4.78 is 10.2. The SMILES string of the molecule is COc1ccc(CC(=O)NCC[C@H](O)c2ccco2)cc1. The minimum Gasteiger partial charge on any atom is -0.497 e. The molecule has 2 aromatic rings. The van der Waals surface area contributed by atoms with Crippen molar-refractivity contribution in [1.82, 2.24) is 5.32 Å². The molecule has 2 N–H and O–H groups in total. The van der Waals surface area contributed by atoms with Crippen molar-refractivity contribution in [2.45, 2.75) is 18.9 Å². The van der Waals surface area contributed by atoms with Crippen molar-refractivity contribution in [2.75, 3.05) is 13.7 Å². The van der Waals surface area contributed by atoms with Crippen LogP contribution in [0.1, 0.15) is 23.8 Å². The van der Waals surface area contributed by atoms with E-state index in [1.165, 1.54) is 6.26 Å². The van der Waals surface area contributed by atoms with Crippen LogP contribution in [0.4, 0.5) is 0 Å². The first kappa shape index (κ1) is 15.1. The molecule has 1 aromatic heterocycles. The lowest BCUT2D eigenvalue weighted by Crippen LogP contribution is -2.27. The Bertz CT molecular complexity index is 548. The Morgan fingerprint density at radius 2 is 2.10 bits per heavy atom. The second kappa shape index (κ2) is 7.50. The average molecular weight is 289 g/mol. The number of aliphatic hydroxyl groups excluding tert-OH is 1. The van der Waals surface area contributed by atoms with Gasteiger partial charge in [-0.15, -0.1) is 0 Å². The van der Waals surface area contributed by atoms with Crippen LogP contribution in [0.25, 0.3) is 0 Å². The first-order chi connectivity index (χ1) is 10.2. The summed E-state index contributed by atoms with van der Waals surface area (Å²) in [6, 6.07) is 10.8. The largest absolute Gasteiger partial charge is 0.497 e. The van der Waals surface area contributed by atoms with E-state index in [-0.39, 0.29) is 5.91 Å². The number of ether oxygens (including phenoxy) is 1. The lowest BCUT2D eigenvalue weighted by atomic mass is 10.1. The molecule has 112 valence electrons. The fourth-order valence-electron chi connectivity index (χ4n) is 1.96. The fourth-order valence-corrected chi connectivity index (χ4v) is 1.96. The van der Waals surface area contributed by atoms with E-state index in [0.29, 0.717) is 25.1 Å². The van der Waals surface area contributed by atoms with E-state index in [2.05, 4.69) is 5.32 Å². The van der Waals surface area contributed by atoms with Gasteiger partial charge in [0.15, 0.2) is 0 Å². The standard InChI is InChI=1S/C16H19NO4/c1-20-13-6-4-12(5-7-13)11-16(19)17-9-8-14(18)15-3-2-10-21-15/h2-7,10,14,18H,8-9,11H2,1H3,(H,17,19)/t14-/m0/s1. The summed E-state index contributed by atoms with van der Waals surface area (Å²) in [5, 5.41) is 12.6. The summed E-state index contributed by atoms with van der Waals surface area (Å²) >= 11 is 0. The summed E-state index contributed by atoms with van der Waals surface area (Å²) in [7, 11) is 1.60. The average Bonchev–Trinajstić information content (AvgIpc) is 3.02. The lowest BCUT2D eigenvalue weighted by Gasteiger charge is -2.09. The van der Waals surface area contributed by atoms with Gasteiger partial charge in [0, 0.05) is 6.54 Å². The molecule has 2 rings (SSSR count). The summed E-state index contributed by atoms with van der Waals surface area (Å²) in [5.41, 5.74) is 0.917. The smallest absolute Gasteiger partial charge is 0.224 e. The van der Waals surface area contributed by atoms with E-state index >= 15 is 0 Å². The third-order valence-electron chi connectivity index (χ3n) is 3.14. The molecule has 0 saturated heterocycles. The maximum atomic E-state index is 11.8. The van der Waals surface area contributed by atoms with Gasteiger partial charge < -0.3 is 19.6 Å². The van der Waals surface area contributed by atoms with Crippen molar-refractivity contribution in [1.29, 1.82) is 0 Å². The van der Waals surface area contributed by atoms with E-state index in [1.54, 1.807) is 19.2 Å². The van der Waals surface area contributed by atoms with Crippen LogP contribution in [0.2, 0.25) is 0 Å². The number of benzene rings is 1. The van der Waals surface area contributed by atoms with E-state index in [0.717, 1.165) is 11.3 Å². The first-order valence-electron chi connectivity index (χ1n) is 6.80. The molecule has 5 heteroatoms. The molecule has 0 unspecified atom stereocenters. The fraction of sp³-hybridized carbons (Fsp3) is 0.312. The number of methoxy groups -OCH3 is 1. The molecule has 0 radical (unpaired) electrons. The zero-order valence-electron chi connectivity index (χ0n) is 11.9. The van der Waals surface area contributed by atoms with Gasteiger partial charge in [-0.3, -0.25) is 4.79 Å². The van der Waals surface area contributed by atoms with E-state index in [9.17, 15) is 9.90 Å². The quantitative estimate of drug-likeness (QED) is 0.818. The first-order valence-corrected chi connectivity index (χ1v) is 6.80. The number of amides is 1. The summed E-state index contributed by atoms with van der Waals surface area (Å²) in [6.45, 7) is 0.400. The molecule has 1 aromatic carbocycles. The topological polar surface area (TPSA) is 71.7 Å². The predicted molar refractivity (Wildman–Crippen MR) is 78.0 cm³/mol. The Hall–Kier alpha value is -2.27. The van der Waals surface area contributed by atoms with Gasteiger partial charge in [-0.2, -0.15) is 0 Å². The van der Waals surface area contributed by atoms with Crippen LogP contribution in [-0.2, 0) is 11.2 Å². The Kier molecular flexibility index (Phi) is 5.40. The molecule has 1 heterocycles. The molecule has 0 spiro atoms. The third kappa shape index (κ3) is 4.65. The molecule has 1 amide bonds. The van der Waals surface area contributed by atoms with Crippen molar-refractivity contribution in [3.05, 3.63) is 54.0 Å². The maximum absolute atomic E-state index is 11.8. The number of hydrogen-bond acceptors (Lipinski definition) is 4. The molecule has 21 heavy (non-hydrogen) atoms. The molecule has 0 aliphatic carbocycles. The molecule has 1 atom stereocenters. The van der Waals surface area contributed by atoms with Crippen molar-refractivity contribution < 1.29 is 19.1 Å². The van der Waals surface area contributed by atoms with Gasteiger partial charge in [-0.05, 0) is 36.2 Å². The number of hydrogen-bond donors (Lipinski definition) is 2. The second-order valence-corrected chi connectivity index (χ2v) is 4.69. The number of rotatable bonds is 7. The molecule has 0 bridgehead atoms. The Morgan fingerprint density at radius 1 is 1.33 bits per heavy atom. The van der Waals surface area contributed by atoms with E-state index in [4.69, 9.17) is 9.15 Å². The van der Waals surface area contributed by atoms with Gasteiger partial charge >= 0.3 is 0 Å². The lowest BCUT2D eigenvalue weighted by molar-refractivity contribution is -0.120. The highest BCUT2D eigenvalue weighted by atomic mass is 16.5. The van der Waals surface area contributed by atoms with Crippen LogP contribution in [0.5, 0.6) is 5.75 Å². The molecular weight excluding hydrogens is 270 g/mol. The number of carbonyl (C=O) groups excluding carboxylic acids is 1. The van der Waals surface area contributed by atoms with Gasteiger partial charge in [0.05, 0.1) is 19.8 Å². The van der Waals surface area contributed by atoms with Crippen molar-refractivity contribution >= 4 is 5.91 Å². The van der Waals surface area contributed by atoms with Crippen LogP contribution >= 0.6 is 0 Å². The maximum Gasteiger partial charge on any atom is 0.224 e. The minimum absolute atomic E-state index is 0.0770. The molecule has 0 aliphatic rings. The Balaban J connectivity index is 1.72. The number of carbonyl (C=O) groups is 1. The van der Waals surface area contributed by atoms with Crippen LogP contribution in [0.3, 0.4) is 0 Å². The Labute approximate surface area is 123 Å². The molecular formula is C16H19NO4. The van der Waals surface area contributed by atoms with Crippen molar-refractivity contribution in [3.8, 4) is 5.75 Å². The number of nitrogens with one attached hydrogen (secondary N) is 1.